The molecule has 0 saturated carbocycles. The molecule has 0 bridgehead atoms. The number of para-hydroxylation sites is 1. The van der Waals surface area contributed by atoms with E-state index in [9.17, 15) is 0 Å². The summed E-state index contributed by atoms with van der Waals surface area (Å²) in [5, 5.41) is 0. The van der Waals surface area contributed by atoms with Crippen molar-refractivity contribution in [1.82, 2.24) is 0 Å². The van der Waals surface area contributed by atoms with Crippen LogP contribution in [-0.2, 0) is 11.8 Å². The molecule has 0 radical (unpaired) electrons. The molecule has 1 aliphatic carbocycles. The normalized spacial score (nSPS) is 16.3. The first-order valence-corrected chi connectivity index (χ1v) is 13.5. The number of hydrogen-bond acceptors (Lipinski definition) is 4. The Hall–Kier alpha value is -3.32. The molecule has 3 aromatic carbocycles. The Morgan fingerprint density at radius 2 is 1.38 bits per heavy atom. The lowest BCUT2D eigenvalue weighted by Crippen LogP contribution is -2.68. The van der Waals surface area contributed by atoms with Crippen LogP contribution in [0.2, 0.25) is 0 Å². The van der Waals surface area contributed by atoms with E-state index in [0.29, 0.717) is 0 Å². The fourth-order valence-electron chi connectivity index (χ4n) is 5.65. The van der Waals surface area contributed by atoms with Crippen LogP contribution in [0.1, 0.15) is 54.8 Å². The van der Waals surface area contributed by atoms with Gasteiger partial charge in [-0.25, -0.2) is 18.6 Å². The van der Waals surface area contributed by atoms with E-state index in [1.54, 1.807) is 0 Å². The molecule has 1 aromatic heterocycles. The molecule has 0 saturated heterocycles. The fraction of sp³-hybridized carbons (Fsp3) is 0.194. The Morgan fingerprint density at radius 3 is 2.05 bits per heavy atom. The quantitative estimate of drug-likeness (QED) is 0.384. The molecule has 0 amide bonds. The SMILES string of the molecule is CC1(C)c2ccccc2-[n+]2c1cc(-c1ccccc1)c1c2/C(=C\c2ccccc2)CCC1.[O-][Cl+3]([O-])([O-])[O-]. The van der Waals surface area contributed by atoms with Crippen molar-refractivity contribution in [2.24, 2.45) is 0 Å². The maximum atomic E-state index is 8.49. The van der Waals surface area contributed by atoms with Crippen molar-refractivity contribution in [3.05, 3.63) is 119 Å². The molecule has 1 aliphatic heterocycles. The van der Waals surface area contributed by atoms with Crippen LogP contribution < -0.4 is 23.2 Å². The van der Waals surface area contributed by atoms with E-state index in [2.05, 4.69) is 115 Å². The molecule has 188 valence electrons. The molecular formula is C31H28ClNO4. The van der Waals surface area contributed by atoms with E-state index in [0.717, 1.165) is 12.8 Å². The van der Waals surface area contributed by atoms with Gasteiger partial charge >= 0.3 is 0 Å². The number of pyridine rings is 1. The average Bonchev–Trinajstić information content (AvgIpc) is 3.10. The Kier molecular flexibility index (Phi) is 6.75. The summed E-state index contributed by atoms with van der Waals surface area (Å²) in [4.78, 5) is 0. The van der Waals surface area contributed by atoms with Gasteiger partial charge in [-0.05, 0) is 55.9 Å². The van der Waals surface area contributed by atoms with Crippen LogP contribution in [-0.4, -0.2) is 0 Å². The first-order chi connectivity index (χ1) is 17.6. The van der Waals surface area contributed by atoms with E-state index >= 15 is 0 Å². The van der Waals surface area contributed by atoms with E-state index < -0.39 is 10.2 Å². The van der Waals surface area contributed by atoms with Crippen LogP contribution in [0.25, 0.3) is 28.5 Å². The van der Waals surface area contributed by atoms with E-state index in [4.69, 9.17) is 18.6 Å². The first-order valence-electron chi connectivity index (χ1n) is 12.3. The van der Waals surface area contributed by atoms with Crippen LogP contribution in [0.5, 0.6) is 0 Å². The monoisotopic (exact) mass is 513 g/mol. The fourth-order valence-corrected chi connectivity index (χ4v) is 5.65. The molecule has 2 aliphatic rings. The third-order valence-corrected chi connectivity index (χ3v) is 7.22. The third-order valence-electron chi connectivity index (χ3n) is 7.22. The summed E-state index contributed by atoms with van der Waals surface area (Å²) in [6.07, 6.45) is 5.83. The topological polar surface area (TPSA) is 96.1 Å². The van der Waals surface area contributed by atoms with Crippen LogP contribution >= 0.6 is 0 Å². The Morgan fingerprint density at radius 1 is 0.784 bits per heavy atom. The standard InChI is InChI=1S/C31H28N.ClHO4/c1-31(2)27-18-9-10-19-28(27)32-29(31)21-26(23-14-7-4-8-15-23)25-17-11-16-24(30(25)32)20-22-12-5-3-6-13-22;2-1(3,4)5/h3-10,12-15,18-21H,11,16-17H2,1-2H3;(H,2,3,4,5)/q+1;/p-1/b24-20-;. The molecule has 0 spiro atoms. The van der Waals surface area contributed by atoms with Crippen molar-refractivity contribution in [2.45, 2.75) is 38.5 Å². The molecule has 5 nitrogen and oxygen atoms in total. The molecule has 0 fully saturated rings. The summed E-state index contributed by atoms with van der Waals surface area (Å²) in [6, 6.07) is 33.2. The van der Waals surface area contributed by atoms with E-state index in [1.807, 2.05) is 0 Å². The second kappa shape index (κ2) is 9.86. The first kappa shape index (κ1) is 25.3. The average molecular weight is 514 g/mol. The number of hydrogen-bond donors (Lipinski definition) is 0. The largest absolute Gasteiger partial charge is 0.222 e. The zero-order valence-corrected chi connectivity index (χ0v) is 21.6. The van der Waals surface area contributed by atoms with Crippen molar-refractivity contribution < 1.29 is 33.4 Å². The van der Waals surface area contributed by atoms with Gasteiger partial charge < -0.3 is 0 Å². The maximum Gasteiger partial charge on any atom is 0.218 e. The Labute approximate surface area is 219 Å². The minimum absolute atomic E-state index is 0.0372. The Balaban J connectivity index is 0.000000514. The molecular weight excluding hydrogens is 486 g/mol. The van der Waals surface area contributed by atoms with Gasteiger partial charge in [-0.2, -0.15) is 4.57 Å². The maximum absolute atomic E-state index is 8.49. The highest BCUT2D eigenvalue weighted by atomic mass is 35.7. The molecule has 6 rings (SSSR count). The molecule has 0 N–H and O–H groups in total. The second-order valence-corrected chi connectivity index (χ2v) is 10.7. The predicted molar refractivity (Wildman–Crippen MR) is 133 cm³/mol. The van der Waals surface area contributed by atoms with E-state index in [1.165, 1.54) is 56.9 Å². The van der Waals surface area contributed by atoms with Crippen molar-refractivity contribution in [3.8, 4) is 16.8 Å². The van der Waals surface area contributed by atoms with Gasteiger partial charge in [-0.3, -0.25) is 0 Å². The lowest BCUT2D eigenvalue weighted by molar-refractivity contribution is -2.00. The lowest BCUT2D eigenvalue weighted by atomic mass is 9.80. The van der Waals surface area contributed by atoms with Crippen molar-refractivity contribution >= 4 is 11.6 Å². The number of nitrogens with zero attached hydrogens (tertiary/aromatic N) is 1. The minimum atomic E-state index is -4.94. The van der Waals surface area contributed by atoms with Crippen LogP contribution in [0.4, 0.5) is 0 Å². The number of allylic oxidation sites excluding steroid dienone is 1. The van der Waals surface area contributed by atoms with Crippen molar-refractivity contribution in [3.63, 3.8) is 0 Å². The number of aromatic nitrogens is 1. The highest BCUT2D eigenvalue weighted by Crippen LogP contribution is 2.44. The highest BCUT2D eigenvalue weighted by molar-refractivity contribution is 5.85. The van der Waals surface area contributed by atoms with E-state index in [-0.39, 0.29) is 5.41 Å². The van der Waals surface area contributed by atoms with Crippen molar-refractivity contribution in [1.29, 1.82) is 0 Å². The van der Waals surface area contributed by atoms with Gasteiger partial charge in [-0.15, -0.1) is 10.2 Å². The summed E-state index contributed by atoms with van der Waals surface area (Å²) in [7, 11) is -4.94. The third kappa shape index (κ3) is 5.10. The molecule has 0 unspecified atom stereocenters. The lowest BCUT2D eigenvalue weighted by Gasteiger charge is -2.22. The Bertz CT molecular complexity index is 1450. The highest BCUT2D eigenvalue weighted by Gasteiger charge is 2.47. The van der Waals surface area contributed by atoms with Crippen LogP contribution in [0, 0.1) is 10.2 Å². The number of halogens is 1. The number of rotatable bonds is 2. The smallest absolute Gasteiger partial charge is 0.218 e. The summed E-state index contributed by atoms with van der Waals surface area (Å²) in [6.45, 7) is 4.74. The zero-order valence-electron chi connectivity index (χ0n) is 20.8. The summed E-state index contributed by atoms with van der Waals surface area (Å²) < 4.78 is 36.5. The molecule has 6 heteroatoms. The molecule has 4 aromatic rings. The molecule has 2 heterocycles. The minimum Gasteiger partial charge on any atom is -0.222 e. The van der Waals surface area contributed by atoms with Gasteiger partial charge in [0.15, 0.2) is 5.69 Å². The summed E-state index contributed by atoms with van der Waals surface area (Å²) >= 11 is 0. The van der Waals surface area contributed by atoms with Gasteiger partial charge in [0.1, 0.15) is 0 Å². The number of fused-ring (bicyclic) bond motifs is 5. The van der Waals surface area contributed by atoms with Gasteiger partial charge in [0.25, 0.3) is 0 Å². The number of benzene rings is 3. The van der Waals surface area contributed by atoms with Crippen LogP contribution in [0.3, 0.4) is 0 Å². The van der Waals surface area contributed by atoms with Crippen LogP contribution in [0.15, 0.2) is 91.0 Å². The zero-order chi connectivity index (χ0) is 26.2. The molecule has 37 heavy (non-hydrogen) atoms. The summed E-state index contributed by atoms with van der Waals surface area (Å²) in [5.74, 6) is 0. The second-order valence-electron chi connectivity index (χ2n) is 9.93. The predicted octanol–water partition coefficient (Wildman–Crippen LogP) is 2.39. The molecule has 0 atom stereocenters. The van der Waals surface area contributed by atoms with Gasteiger partial charge in [0, 0.05) is 28.8 Å². The van der Waals surface area contributed by atoms with Gasteiger partial charge in [0.2, 0.25) is 11.4 Å². The van der Waals surface area contributed by atoms with Gasteiger partial charge in [0.05, 0.1) is 5.41 Å². The van der Waals surface area contributed by atoms with Gasteiger partial charge in [-0.1, -0.05) is 78.9 Å². The van der Waals surface area contributed by atoms with Crippen molar-refractivity contribution in [2.75, 3.05) is 0 Å². The summed E-state index contributed by atoms with van der Waals surface area (Å²) in [5.41, 5.74) is 12.4.